The number of amides is 1. The van der Waals surface area contributed by atoms with Crippen molar-refractivity contribution in [1.82, 2.24) is 4.90 Å². The van der Waals surface area contributed by atoms with E-state index in [2.05, 4.69) is 47.5 Å². The smallest absolute Gasteiger partial charge is 0.250 e. The largest absolute Gasteiger partial charge is 0.375 e. The van der Waals surface area contributed by atoms with Gasteiger partial charge in [0.2, 0.25) is 0 Å². The number of hydrogen-bond donors (Lipinski definition) is 1. The summed E-state index contributed by atoms with van der Waals surface area (Å²) in [5.41, 5.74) is 3.49. The van der Waals surface area contributed by atoms with Crippen LogP contribution in [-0.4, -0.2) is 23.9 Å². The van der Waals surface area contributed by atoms with Crippen LogP contribution in [0.3, 0.4) is 0 Å². The van der Waals surface area contributed by atoms with Gasteiger partial charge in [-0.2, -0.15) is 0 Å². The highest BCUT2D eigenvalue weighted by Crippen LogP contribution is 2.31. The molecule has 1 saturated heterocycles. The molecule has 0 aliphatic carbocycles. The van der Waals surface area contributed by atoms with Crippen molar-refractivity contribution < 1.29 is 4.79 Å². The number of rotatable bonds is 4. The van der Waals surface area contributed by atoms with Crippen LogP contribution in [0.25, 0.3) is 10.4 Å². The first-order valence-corrected chi connectivity index (χ1v) is 8.84. The van der Waals surface area contributed by atoms with Crippen LogP contribution >= 0.6 is 11.3 Å². The lowest BCUT2D eigenvalue weighted by Gasteiger charge is -2.17. The number of allylic oxidation sites excluding steroid dienone is 1. The Kier molecular flexibility index (Phi) is 4.82. The standard InChI is InChI=1S/C19H22N2OS/c1-14-5-7-16(8-6-14)17-9-10-19(23-17)20-18(22)13-15(2)21-11-3-4-12-21/h5-10,13H,3-4,11-12H2,1-2H3,(H,20,22). The molecule has 0 spiro atoms. The van der Waals surface area contributed by atoms with Gasteiger partial charge in [0.15, 0.2) is 0 Å². The van der Waals surface area contributed by atoms with Crippen LogP contribution in [0.2, 0.25) is 0 Å². The minimum atomic E-state index is -0.0493. The molecule has 1 aromatic heterocycles. The lowest BCUT2D eigenvalue weighted by Crippen LogP contribution is -2.19. The minimum absolute atomic E-state index is 0.0493. The average Bonchev–Trinajstić information content (AvgIpc) is 3.19. The molecule has 3 rings (SSSR count). The van der Waals surface area contributed by atoms with E-state index in [-0.39, 0.29) is 5.91 Å². The number of thiophene rings is 1. The Morgan fingerprint density at radius 2 is 1.83 bits per heavy atom. The van der Waals surface area contributed by atoms with Crippen LogP contribution in [0.4, 0.5) is 5.00 Å². The minimum Gasteiger partial charge on any atom is -0.375 e. The van der Waals surface area contributed by atoms with Crippen LogP contribution in [0.15, 0.2) is 48.2 Å². The zero-order chi connectivity index (χ0) is 16.2. The molecule has 0 radical (unpaired) electrons. The van der Waals surface area contributed by atoms with Crippen molar-refractivity contribution in [1.29, 1.82) is 0 Å². The summed E-state index contributed by atoms with van der Waals surface area (Å²) < 4.78 is 0. The summed E-state index contributed by atoms with van der Waals surface area (Å²) in [5.74, 6) is -0.0493. The third-order valence-corrected chi connectivity index (χ3v) is 5.18. The lowest BCUT2D eigenvalue weighted by atomic mass is 10.1. The van der Waals surface area contributed by atoms with Gasteiger partial charge in [0, 0.05) is 29.7 Å². The Hall–Kier alpha value is -2.07. The molecule has 1 aliphatic heterocycles. The summed E-state index contributed by atoms with van der Waals surface area (Å²) in [5, 5.41) is 3.86. The molecule has 0 saturated carbocycles. The number of aryl methyl sites for hydroxylation is 1. The number of nitrogens with zero attached hydrogens (tertiary/aromatic N) is 1. The number of nitrogens with one attached hydrogen (secondary N) is 1. The number of benzene rings is 1. The van der Waals surface area contributed by atoms with Gasteiger partial charge in [0.25, 0.3) is 5.91 Å². The number of likely N-dealkylation sites (tertiary alicyclic amines) is 1. The maximum Gasteiger partial charge on any atom is 0.250 e. The van der Waals surface area contributed by atoms with Gasteiger partial charge < -0.3 is 10.2 Å². The predicted molar refractivity (Wildman–Crippen MR) is 97.7 cm³/mol. The second kappa shape index (κ2) is 7.01. The second-order valence-electron chi connectivity index (χ2n) is 6.00. The van der Waals surface area contributed by atoms with E-state index in [4.69, 9.17) is 0 Å². The van der Waals surface area contributed by atoms with Gasteiger partial charge >= 0.3 is 0 Å². The van der Waals surface area contributed by atoms with E-state index in [1.54, 1.807) is 17.4 Å². The Morgan fingerprint density at radius 3 is 2.52 bits per heavy atom. The molecular formula is C19H22N2OS. The van der Waals surface area contributed by atoms with Gasteiger partial charge in [0.1, 0.15) is 0 Å². The summed E-state index contributed by atoms with van der Waals surface area (Å²) in [7, 11) is 0. The molecule has 1 aliphatic rings. The lowest BCUT2D eigenvalue weighted by molar-refractivity contribution is -0.112. The molecule has 1 aromatic carbocycles. The highest BCUT2D eigenvalue weighted by molar-refractivity contribution is 7.19. The molecule has 1 fully saturated rings. The highest BCUT2D eigenvalue weighted by Gasteiger charge is 2.13. The van der Waals surface area contributed by atoms with Crippen molar-refractivity contribution in [2.24, 2.45) is 0 Å². The molecule has 3 nitrogen and oxygen atoms in total. The van der Waals surface area contributed by atoms with Gasteiger partial charge in [-0.1, -0.05) is 29.8 Å². The van der Waals surface area contributed by atoms with Crippen molar-refractivity contribution in [2.45, 2.75) is 26.7 Å². The van der Waals surface area contributed by atoms with E-state index in [1.165, 1.54) is 28.8 Å². The van der Waals surface area contributed by atoms with Crippen molar-refractivity contribution in [3.05, 3.63) is 53.7 Å². The predicted octanol–water partition coefficient (Wildman–Crippen LogP) is 4.66. The van der Waals surface area contributed by atoms with Crippen molar-refractivity contribution in [3.8, 4) is 10.4 Å². The zero-order valence-electron chi connectivity index (χ0n) is 13.6. The summed E-state index contributed by atoms with van der Waals surface area (Å²) in [6.07, 6.45) is 4.14. The zero-order valence-corrected chi connectivity index (χ0v) is 14.5. The van der Waals surface area contributed by atoms with E-state index in [0.717, 1.165) is 23.8 Å². The third kappa shape index (κ3) is 4.02. The Labute approximate surface area is 141 Å². The molecular weight excluding hydrogens is 304 g/mol. The average molecular weight is 326 g/mol. The summed E-state index contributed by atoms with van der Waals surface area (Å²) in [6.45, 7) is 6.22. The molecule has 2 aromatic rings. The maximum atomic E-state index is 12.2. The Bertz CT molecular complexity index is 709. The van der Waals surface area contributed by atoms with Gasteiger partial charge in [-0.3, -0.25) is 4.79 Å². The quantitative estimate of drug-likeness (QED) is 0.829. The topological polar surface area (TPSA) is 32.3 Å². The first-order chi connectivity index (χ1) is 11.1. The maximum absolute atomic E-state index is 12.2. The second-order valence-corrected chi connectivity index (χ2v) is 7.08. The molecule has 0 atom stereocenters. The summed E-state index contributed by atoms with van der Waals surface area (Å²) >= 11 is 1.60. The molecule has 23 heavy (non-hydrogen) atoms. The van der Waals surface area contributed by atoms with E-state index in [1.807, 2.05) is 13.0 Å². The molecule has 1 N–H and O–H groups in total. The first kappa shape index (κ1) is 15.8. The van der Waals surface area contributed by atoms with Crippen LogP contribution in [0.5, 0.6) is 0 Å². The fourth-order valence-corrected chi connectivity index (χ4v) is 3.70. The summed E-state index contributed by atoms with van der Waals surface area (Å²) in [4.78, 5) is 15.6. The molecule has 0 bridgehead atoms. The fourth-order valence-electron chi connectivity index (χ4n) is 2.79. The van der Waals surface area contributed by atoms with Crippen LogP contribution in [-0.2, 0) is 4.79 Å². The number of carbonyl (C=O) groups is 1. The number of anilines is 1. The number of hydrogen-bond acceptors (Lipinski definition) is 3. The van der Waals surface area contributed by atoms with Gasteiger partial charge in [-0.05, 0) is 44.4 Å². The van der Waals surface area contributed by atoms with Gasteiger partial charge in [-0.25, -0.2) is 0 Å². The van der Waals surface area contributed by atoms with E-state index < -0.39 is 0 Å². The first-order valence-electron chi connectivity index (χ1n) is 8.03. The molecule has 2 heterocycles. The fraction of sp³-hybridized carbons (Fsp3) is 0.316. The molecule has 0 unspecified atom stereocenters. The van der Waals surface area contributed by atoms with Crippen LogP contribution in [0, 0.1) is 6.92 Å². The number of carbonyl (C=O) groups excluding carboxylic acids is 1. The van der Waals surface area contributed by atoms with E-state index >= 15 is 0 Å². The van der Waals surface area contributed by atoms with E-state index in [9.17, 15) is 4.79 Å². The molecule has 1 amide bonds. The molecule has 4 heteroatoms. The highest BCUT2D eigenvalue weighted by atomic mass is 32.1. The van der Waals surface area contributed by atoms with Crippen LogP contribution < -0.4 is 5.32 Å². The third-order valence-electron chi connectivity index (χ3n) is 4.13. The van der Waals surface area contributed by atoms with Crippen LogP contribution in [0.1, 0.15) is 25.3 Å². The SMILES string of the molecule is CC(=CC(=O)Nc1ccc(-c2ccc(C)cc2)s1)N1CCCC1. The van der Waals surface area contributed by atoms with Gasteiger partial charge in [0.05, 0.1) is 5.00 Å². The van der Waals surface area contributed by atoms with Crippen molar-refractivity contribution in [3.63, 3.8) is 0 Å². The van der Waals surface area contributed by atoms with Gasteiger partial charge in [-0.15, -0.1) is 11.3 Å². The normalized spacial score (nSPS) is 15.0. The summed E-state index contributed by atoms with van der Waals surface area (Å²) in [6, 6.07) is 12.5. The molecule has 120 valence electrons. The Morgan fingerprint density at radius 1 is 1.13 bits per heavy atom. The van der Waals surface area contributed by atoms with Crippen molar-refractivity contribution in [2.75, 3.05) is 18.4 Å². The van der Waals surface area contributed by atoms with E-state index in [0.29, 0.717) is 0 Å². The monoisotopic (exact) mass is 326 g/mol. The van der Waals surface area contributed by atoms with Crippen molar-refractivity contribution >= 4 is 22.2 Å². The Balaban J connectivity index is 1.65.